The van der Waals surface area contributed by atoms with Gasteiger partial charge in [0.2, 0.25) is 5.78 Å². The molecule has 0 spiro atoms. The van der Waals surface area contributed by atoms with Crippen LogP contribution in [0.1, 0.15) is 19.5 Å². The molecule has 0 aliphatic carbocycles. The molecule has 2 aromatic heterocycles. The van der Waals surface area contributed by atoms with Crippen LogP contribution in [0.2, 0.25) is 0 Å². The summed E-state index contributed by atoms with van der Waals surface area (Å²) >= 11 is 0. The fraction of sp³-hybridized carbons (Fsp3) is 0.538. The number of hydrogen-bond acceptors (Lipinski definition) is 4. The van der Waals surface area contributed by atoms with Crippen molar-refractivity contribution >= 4 is 18.2 Å². The maximum absolute atomic E-state index is 4.55. The van der Waals surface area contributed by atoms with Crippen LogP contribution in [0, 0.1) is 0 Å². The molecule has 1 N–H and O–H groups in total. The highest BCUT2D eigenvalue weighted by Gasteiger charge is 2.21. The molecule has 0 bridgehead atoms. The number of hydrogen-bond donors (Lipinski definition) is 1. The van der Waals surface area contributed by atoms with Crippen molar-refractivity contribution in [1.82, 2.24) is 24.6 Å². The molecule has 3 heterocycles. The topological polar surface area (TPSA) is 45.5 Å². The van der Waals surface area contributed by atoms with E-state index in [9.17, 15) is 0 Å². The molecule has 2 unspecified atom stereocenters. The minimum Gasteiger partial charge on any atom is -0.309 e. The lowest BCUT2D eigenvalue weighted by Crippen LogP contribution is -2.53. The number of halogens is 1. The fourth-order valence-electron chi connectivity index (χ4n) is 2.75. The van der Waals surface area contributed by atoms with E-state index in [1.807, 2.05) is 16.7 Å². The van der Waals surface area contributed by atoms with Crippen LogP contribution in [-0.2, 0) is 6.54 Å². The predicted octanol–water partition coefficient (Wildman–Crippen LogP) is 1.33. The normalized spacial score (nSPS) is 24.3. The number of nitrogens with zero attached hydrogens (tertiary/aromatic N) is 4. The van der Waals surface area contributed by atoms with Crippen LogP contribution in [0.3, 0.4) is 0 Å². The van der Waals surface area contributed by atoms with Crippen molar-refractivity contribution in [3.63, 3.8) is 0 Å². The summed E-state index contributed by atoms with van der Waals surface area (Å²) in [6, 6.07) is 3.01. The van der Waals surface area contributed by atoms with Gasteiger partial charge in [-0.15, -0.1) is 12.4 Å². The molecule has 5 nitrogen and oxygen atoms in total. The quantitative estimate of drug-likeness (QED) is 0.902. The Labute approximate surface area is 119 Å². The zero-order valence-corrected chi connectivity index (χ0v) is 12.1. The van der Waals surface area contributed by atoms with Crippen molar-refractivity contribution in [2.75, 3.05) is 13.1 Å². The first-order valence-electron chi connectivity index (χ1n) is 6.48. The monoisotopic (exact) mass is 281 g/mol. The highest BCUT2D eigenvalue weighted by atomic mass is 35.5. The minimum absolute atomic E-state index is 0. The third kappa shape index (κ3) is 3.23. The van der Waals surface area contributed by atoms with E-state index in [0.29, 0.717) is 12.1 Å². The molecule has 1 fully saturated rings. The molecule has 2 aromatic rings. The maximum atomic E-state index is 4.55. The van der Waals surface area contributed by atoms with Crippen LogP contribution >= 0.6 is 12.4 Å². The lowest BCUT2D eigenvalue weighted by molar-refractivity contribution is 0.165. The molecular weight excluding hydrogens is 262 g/mol. The average molecular weight is 282 g/mol. The van der Waals surface area contributed by atoms with Crippen LogP contribution in [0.5, 0.6) is 0 Å². The van der Waals surface area contributed by atoms with Gasteiger partial charge in [-0.2, -0.15) is 0 Å². The third-order valence-electron chi connectivity index (χ3n) is 3.30. The van der Waals surface area contributed by atoms with Crippen LogP contribution in [0.4, 0.5) is 0 Å². The van der Waals surface area contributed by atoms with Crippen LogP contribution in [0.25, 0.3) is 5.78 Å². The van der Waals surface area contributed by atoms with Crippen molar-refractivity contribution in [3.05, 3.63) is 30.4 Å². The van der Waals surface area contributed by atoms with Gasteiger partial charge in [-0.05, 0) is 19.9 Å². The van der Waals surface area contributed by atoms with E-state index < -0.39 is 0 Å². The van der Waals surface area contributed by atoms with Gasteiger partial charge in [0.15, 0.2) is 0 Å². The summed E-state index contributed by atoms with van der Waals surface area (Å²) in [6.07, 6.45) is 5.84. The number of fused-ring (bicyclic) bond motifs is 1. The molecule has 104 valence electrons. The summed E-state index contributed by atoms with van der Waals surface area (Å²) in [6.45, 7) is 7.51. The average Bonchev–Trinajstić information content (AvgIpc) is 2.69. The first-order chi connectivity index (χ1) is 8.70. The summed E-state index contributed by atoms with van der Waals surface area (Å²) in [5.41, 5.74) is 1.09. The van der Waals surface area contributed by atoms with Gasteiger partial charge in [0.25, 0.3) is 0 Å². The summed E-state index contributed by atoms with van der Waals surface area (Å²) in [5, 5.41) is 3.54. The van der Waals surface area contributed by atoms with E-state index in [4.69, 9.17) is 0 Å². The van der Waals surface area contributed by atoms with Crippen LogP contribution in [-0.4, -0.2) is 44.4 Å². The summed E-state index contributed by atoms with van der Waals surface area (Å²) < 4.78 is 1.98. The molecule has 19 heavy (non-hydrogen) atoms. The standard InChI is InChI=1S/C13H19N5.ClH/c1-10-6-17(7-11(2)15-10)8-12-9-18-5-3-4-14-13(18)16-12;/h3-5,9-11,15H,6-8H2,1-2H3;1H. The first-order valence-corrected chi connectivity index (χ1v) is 6.48. The zero-order chi connectivity index (χ0) is 12.5. The molecule has 6 heteroatoms. The molecular formula is C13H20ClN5. The largest absolute Gasteiger partial charge is 0.309 e. The van der Waals surface area contributed by atoms with E-state index in [0.717, 1.165) is 31.1 Å². The number of imidazole rings is 1. The van der Waals surface area contributed by atoms with Gasteiger partial charge >= 0.3 is 0 Å². The second-order valence-corrected chi connectivity index (χ2v) is 5.22. The fourth-order valence-corrected chi connectivity index (χ4v) is 2.75. The number of nitrogens with one attached hydrogen (secondary N) is 1. The van der Waals surface area contributed by atoms with Gasteiger partial charge < -0.3 is 5.32 Å². The maximum Gasteiger partial charge on any atom is 0.233 e. The Kier molecular flexibility index (Phi) is 4.39. The summed E-state index contributed by atoms with van der Waals surface area (Å²) in [7, 11) is 0. The minimum atomic E-state index is 0. The Morgan fingerprint density at radius 2 is 2.05 bits per heavy atom. The van der Waals surface area contributed by atoms with Crippen molar-refractivity contribution < 1.29 is 0 Å². The third-order valence-corrected chi connectivity index (χ3v) is 3.30. The van der Waals surface area contributed by atoms with E-state index in [1.54, 1.807) is 6.20 Å². The van der Waals surface area contributed by atoms with Gasteiger partial charge in [0, 0.05) is 50.3 Å². The lowest BCUT2D eigenvalue weighted by atomic mass is 10.1. The molecule has 1 saturated heterocycles. The van der Waals surface area contributed by atoms with Crippen molar-refractivity contribution in [2.24, 2.45) is 0 Å². The molecule has 0 amide bonds. The highest BCUT2D eigenvalue weighted by molar-refractivity contribution is 5.85. The van der Waals surface area contributed by atoms with Gasteiger partial charge in [0.1, 0.15) is 0 Å². The van der Waals surface area contributed by atoms with Crippen molar-refractivity contribution in [3.8, 4) is 0 Å². The first kappa shape index (κ1) is 14.2. The lowest BCUT2D eigenvalue weighted by Gasteiger charge is -2.35. The highest BCUT2D eigenvalue weighted by Crippen LogP contribution is 2.10. The van der Waals surface area contributed by atoms with Gasteiger partial charge in [-0.1, -0.05) is 0 Å². The Balaban J connectivity index is 0.00000133. The van der Waals surface area contributed by atoms with E-state index in [1.165, 1.54) is 0 Å². The zero-order valence-electron chi connectivity index (χ0n) is 11.3. The second kappa shape index (κ2) is 5.86. The van der Waals surface area contributed by atoms with E-state index >= 15 is 0 Å². The Hall–Kier alpha value is -1.17. The second-order valence-electron chi connectivity index (χ2n) is 5.22. The molecule has 1 aliphatic heterocycles. The van der Waals surface area contributed by atoms with E-state index in [2.05, 4.69) is 40.2 Å². The van der Waals surface area contributed by atoms with Gasteiger partial charge in [-0.3, -0.25) is 9.30 Å². The van der Waals surface area contributed by atoms with E-state index in [-0.39, 0.29) is 12.4 Å². The summed E-state index contributed by atoms with van der Waals surface area (Å²) in [4.78, 5) is 11.2. The Bertz CT molecular complexity index is 498. The molecule has 0 saturated carbocycles. The van der Waals surface area contributed by atoms with Crippen molar-refractivity contribution in [2.45, 2.75) is 32.5 Å². The SMILES string of the molecule is CC1CN(Cc2cn3cccnc3n2)CC(C)N1.Cl. The molecule has 0 radical (unpaired) electrons. The summed E-state index contributed by atoms with van der Waals surface area (Å²) in [5.74, 6) is 0.781. The molecule has 3 rings (SSSR count). The van der Waals surface area contributed by atoms with Crippen LogP contribution in [0.15, 0.2) is 24.7 Å². The van der Waals surface area contributed by atoms with Crippen molar-refractivity contribution in [1.29, 1.82) is 0 Å². The smallest absolute Gasteiger partial charge is 0.233 e. The molecule has 2 atom stereocenters. The van der Waals surface area contributed by atoms with Crippen LogP contribution < -0.4 is 5.32 Å². The predicted molar refractivity (Wildman–Crippen MR) is 77.6 cm³/mol. The molecule has 1 aliphatic rings. The Morgan fingerprint density at radius 1 is 1.32 bits per heavy atom. The Morgan fingerprint density at radius 3 is 2.74 bits per heavy atom. The van der Waals surface area contributed by atoms with Gasteiger partial charge in [0.05, 0.1) is 5.69 Å². The number of piperazine rings is 1. The van der Waals surface area contributed by atoms with Gasteiger partial charge in [-0.25, -0.2) is 9.97 Å². The number of aromatic nitrogens is 3. The number of rotatable bonds is 2. The molecule has 0 aromatic carbocycles.